The van der Waals surface area contributed by atoms with Crippen LogP contribution < -0.4 is 10.2 Å². The number of nitrogens with one attached hydrogen (secondary N) is 1. The molecule has 1 N–H and O–H groups in total. The summed E-state index contributed by atoms with van der Waals surface area (Å²) in [4.78, 5) is 28.8. The molecule has 1 heterocycles. The monoisotopic (exact) mass is 365 g/mol. The van der Waals surface area contributed by atoms with E-state index in [4.69, 9.17) is 0 Å². The van der Waals surface area contributed by atoms with E-state index in [9.17, 15) is 9.59 Å². The molecule has 0 radical (unpaired) electrons. The topological polar surface area (TPSA) is 52.7 Å². The van der Waals surface area contributed by atoms with Gasteiger partial charge in [0.2, 0.25) is 0 Å². The maximum Gasteiger partial charge on any atom is 0.313 e. The van der Waals surface area contributed by atoms with Gasteiger partial charge < -0.3 is 15.1 Å². The Morgan fingerprint density at radius 1 is 0.852 bits per heavy atom. The molecule has 0 bridgehead atoms. The lowest BCUT2D eigenvalue weighted by Gasteiger charge is -2.36. The number of nitrogens with zero attached hydrogens (tertiary/aromatic N) is 2. The van der Waals surface area contributed by atoms with Crippen LogP contribution in [0.4, 0.5) is 11.4 Å². The van der Waals surface area contributed by atoms with E-state index in [-0.39, 0.29) is 0 Å². The maximum absolute atomic E-state index is 12.5. The molecule has 0 saturated carbocycles. The standard InChI is InChI=1S/C22H27N3O2/c1-15-8-9-19(14-17(15)3)23-21(26)22(27)25-12-10-24(11-13-25)20-7-5-6-16(2)18(20)4/h5-9,14H,10-13H2,1-4H3,(H,23,26). The number of hydrogen-bond acceptors (Lipinski definition) is 3. The van der Waals surface area contributed by atoms with Crippen molar-refractivity contribution in [2.75, 3.05) is 36.4 Å². The molecule has 1 fully saturated rings. The van der Waals surface area contributed by atoms with Crippen molar-refractivity contribution in [2.45, 2.75) is 27.7 Å². The van der Waals surface area contributed by atoms with Crippen LogP contribution in [0.25, 0.3) is 0 Å². The molecule has 0 spiro atoms. The molecule has 2 aromatic rings. The van der Waals surface area contributed by atoms with Crippen molar-refractivity contribution in [1.82, 2.24) is 4.90 Å². The summed E-state index contributed by atoms with van der Waals surface area (Å²) in [5.74, 6) is -1.03. The molecule has 1 saturated heterocycles. The van der Waals surface area contributed by atoms with Crippen LogP contribution in [-0.4, -0.2) is 42.9 Å². The van der Waals surface area contributed by atoms with Crippen molar-refractivity contribution in [3.63, 3.8) is 0 Å². The summed E-state index contributed by atoms with van der Waals surface area (Å²) in [6.07, 6.45) is 0. The molecule has 5 heteroatoms. The number of amides is 2. The van der Waals surface area contributed by atoms with Gasteiger partial charge in [0.05, 0.1) is 0 Å². The summed E-state index contributed by atoms with van der Waals surface area (Å²) in [5, 5.41) is 2.72. The van der Waals surface area contributed by atoms with Gasteiger partial charge in [-0.25, -0.2) is 0 Å². The van der Waals surface area contributed by atoms with Gasteiger partial charge in [-0.2, -0.15) is 0 Å². The smallest absolute Gasteiger partial charge is 0.313 e. The number of rotatable bonds is 2. The minimum absolute atomic E-state index is 0.464. The van der Waals surface area contributed by atoms with Crippen LogP contribution in [0.5, 0.6) is 0 Å². The summed E-state index contributed by atoms with van der Waals surface area (Å²) in [6, 6.07) is 11.9. The molecular weight excluding hydrogens is 338 g/mol. The average Bonchev–Trinajstić information content (AvgIpc) is 2.66. The van der Waals surface area contributed by atoms with Crippen molar-refractivity contribution in [3.05, 3.63) is 58.7 Å². The fraction of sp³-hybridized carbons (Fsp3) is 0.364. The lowest BCUT2D eigenvalue weighted by atomic mass is 10.1. The van der Waals surface area contributed by atoms with Gasteiger partial charge in [-0.05, 0) is 68.1 Å². The van der Waals surface area contributed by atoms with Crippen LogP contribution in [0.15, 0.2) is 36.4 Å². The SMILES string of the molecule is Cc1ccc(NC(=O)C(=O)N2CCN(c3cccc(C)c3C)CC2)cc1C. The molecule has 27 heavy (non-hydrogen) atoms. The van der Waals surface area contributed by atoms with Gasteiger partial charge >= 0.3 is 11.8 Å². The van der Waals surface area contributed by atoms with E-state index >= 15 is 0 Å². The molecule has 2 aromatic carbocycles. The zero-order chi connectivity index (χ0) is 19.6. The van der Waals surface area contributed by atoms with E-state index in [2.05, 4.69) is 42.3 Å². The van der Waals surface area contributed by atoms with E-state index in [0.29, 0.717) is 18.8 Å². The Balaban J connectivity index is 1.60. The first-order valence-electron chi connectivity index (χ1n) is 9.35. The van der Waals surface area contributed by atoms with Crippen molar-refractivity contribution in [1.29, 1.82) is 0 Å². The largest absolute Gasteiger partial charge is 0.368 e. The summed E-state index contributed by atoms with van der Waals surface area (Å²) in [6.45, 7) is 10.8. The average molecular weight is 365 g/mol. The Morgan fingerprint density at radius 2 is 1.56 bits per heavy atom. The predicted molar refractivity (Wildman–Crippen MR) is 109 cm³/mol. The molecule has 3 rings (SSSR count). The Labute approximate surface area is 161 Å². The maximum atomic E-state index is 12.5. The fourth-order valence-electron chi connectivity index (χ4n) is 3.38. The van der Waals surface area contributed by atoms with Crippen LogP contribution >= 0.6 is 0 Å². The third-order valence-corrected chi connectivity index (χ3v) is 5.44. The highest BCUT2D eigenvalue weighted by molar-refractivity contribution is 6.39. The molecule has 0 unspecified atom stereocenters. The third-order valence-electron chi connectivity index (χ3n) is 5.44. The number of anilines is 2. The van der Waals surface area contributed by atoms with E-state index in [1.54, 1.807) is 4.90 Å². The van der Waals surface area contributed by atoms with E-state index in [1.807, 2.05) is 32.0 Å². The molecule has 142 valence electrons. The Morgan fingerprint density at radius 3 is 2.22 bits per heavy atom. The van der Waals surface area contributed by atoms with Gasteiger partial charge in [0, 0.05) is 37.6 Å². The molecule has 1 aliphatic rings. The molecule has 0 aliphatic carbocycles. The highest BCUT2D eigenvalue weighted by Crippen LogP contribution is 2.24. The lowest BCUT2D eigenvalue weighted by Crippen LogP contribution is -2.51. The van der Waals surface area contributed by atoms with Crippen LogP contribution in [-0.2, 0) is 9.59 Å². The first-order valence-corrected chi connectivity index (χ1v) is 9.35. The van der Waals surface area contributed by atoms with Crippen LogP contribution in [0.1, 0.15) is 22.3 Å². The van der Waals surface area contributed by atoms with Gasteiger partial charge in [0.15, 0.2) is 0 Å². The van der Waals surface area contributed by atoms with E-state index < -0.39 is 11.8 Å². The van der Waals surface area contributed by atoms with Crippen molar-refractivity contribution < 1.29 is 9.59 Å². The first kappa shape index (κ1) is 19.0. The van der Waals surface area contributed by atoms with Crippen LogP contribution in [0, 0.1) is 27.7 Å². The zero-order valence-electron chi connectivity index (χ0n) is 16.5. The number of piperazine rings is 1. The van der Waals surface area contributed by atoms with Crippen molar-refractivity contribution in [3.8, 4) is 0 Å². The van der Waals surface area contributed by atoms with E-state index in [0.717, 1.165) is 24.2 Å². The second-order valence-electron chi connectivity index (χ2n) is 7.25. The van der Waals surface area contributed by atoms with Gasteiger partial charge in [0.25, 0.3) is 0 Å². The van der Waals surface area contributed by atoms with E-state index in [1.165, 1.54) is 16.8 Å². The van der Waals surface area contributed by atoms with Crippen molar-refractivity contribution >= 4 is 23.2 Å². The normalized spacial score (nSPS) is 14.2. The quantitative estimate of drug-likeness (QED) is 0.832. The number of aryl methyl sites for hydroxylation is 3. The first-order chi connectivity index (χ1) is 12.9. The molecule has 0 aromatic heterocycles. The number of carbonyl (C=O) groups excluding carboxylic acids is 2. The minimum atomic E-state index is -0.571. The molecular formula is C22H27N3O2. The molecule has 5 nitrogen and oxygen atoms in total. The van der Waals surface area contributed by atoms with Gasteiger partial charge in [-0.15, -0.1) is 0 Å². The van der Waals surface area contributed by atoms with Gasteiger partial charge in [-0.1, -0.05) is 18.2 Å². The highest BCUT2D eigenvalue weighted by atomic mass is 16.2. The Hall–Kier alpha value is -2.82. The van der Waals surface area contributed by atoms with Crippen LogP contribution in [0.2, 0.25) is 0 Å². The number of hydrogen-bond donors (Lipinski definition) is 1. The zero-order valence-corrected chi connectivity index (χ0v) is 16.5. The van der Waals surface area contributed by atoms with Crippen LogP contribution in [0.3, 0.4) is 0 Å². The molecule has 1 aliphatic heterocycles. The summed E-state index contributed by atoms with van der Waals surface area (Å²) >= 11 is 0. The Kier molecular flexibility index (Phi) is 5.49. The number of benzene rings is 2. The highest BCUT2D eigenvalue weighted by Gasteiger charge is 2.26. The Bertz CT molecular complexity index is 868. The van der Waals surface area contributed by atoms with Gasteiger partial charge in [0.1, 0.15) is 0 Å². The summed E-state index contributed by atoms with van der Waals surface area (Å²) in [7, 11) is 0. The van der Waals surface area contributed by atoms with Gasteiger partial charge in [-0.3, -0.25) is 9.59 Å². The fourth-order valence-corrected chi connectivity index (χ4v) is 3.38. The molecule has 0 atom stereocenters. The second-order valence-corrected chi connectivity index (χ2v) is 7.25. The summed E-state index contributed by atoms with van der Waals surface area (Å²) < 4.78 is 0. The molecule has 2 amide bonds. The summed E-state index contributed by atoms with van der Waals surface area (Å²) in [5.41, 5.74) is 6.64. The minimum Gasteiger partial charge on any atom is -0.368 e. The lowest BCUT2D eigenvalue weighted by molar-refractivity contribution is -0.143. The second kappa shape index (κ2) is 7.82. The third kappa shape index (κ3) is 4.13. The number of carbonyl (C=O) groups is 2. The predicted octanol–water partition coefficient (Wildman–Crippen LogP) is 3.21. The van der Waals surface area contributed by atoms with Crippen molar-refractivity contribution in [2.24, 2.45) is 0 Å².